The molecule has 0 saturated carbocycles. The Hall–Kier alpha value is -3.19. The Bertz CT molecular complexity index is 1010. The molecule has 2 aromatic carbocycles. The smallest absolute Gasteiger partial charge is 0.261 e. The Morgan fingerprint density at radius 1 is 1.18 bits per heavy atom. The van der Waals surface area contributed by atoms with Crippen LogP contribution in [0.4, 0.5) is 0 Å². The Kier molecular flexibility index (Phi) is 6.06. The molecule has 0 radical (unpaired) electrons. The first kappa shape index (κ1) is 19.6. The first-order valence-electron chi connectivity index (χ1n) is 9.01. The number of carbonyl (C=O) groups excluding carboxylic acids is 1. The van der Waals surface area contributed by atoms with E-state index in [2.05, 4.69) is 10.3 Å². The van der Waals surface area contributed by atoms with E-state index in [9.17, 15) is 9.59 Å². The van der Waals surface area contributed by atoms with Crippen molar-refractivity contribution in [1.29, 1.82) is 0 Å². The first-order chi connectivity index (χ1) is 13.5. The molecule has 0 aliphatic heterocycles. The third kappa shape index (κ3) is 4.37. The molecular formula is C21H24N4O3. The Labute approximate surface area is 163 Å². The zero-order chi connectivity index (χ0) is 20.1. The van der Waals surface area contributed by atoms with Crippen LogP contribution in [0.3, 0.4) is 0 Å². The number of fused-ring (bicyclic) bond motifs is 1. The highest BCUT2D eigenvalue weighted by atomic mass is 16.5. The standard InChI is InChI=1S/C21H24N4O3/c1-24(2)19(15-8-10-16(28-3)11-9-15)12-22-20(26)13-25-14-23-18-7-5-4-6-17(18)21(25)27/h4-11,14,19H,12-13H2,1-3H3,(H,22,26)/t19-/m0/s1. The van der Waals surface area contributed by atoms with E-state index in [4.69, 9.17) is 4.74 Å². The molecule has 0 aliphatic rings. The summed E-state index contributed by atoms with van der Waals surface area (Å²) in [7, 11) is 5.54. The van der Waals surface area contributed by atoms with Gasteiger partial charge in [-0.05, 0) is 43.9 Å². The number of hydrogen-bond acceptors (Lipinski definition) is 5. The van der Waals surface area contributed by atoms with E-state index in [1.807, 2.05) is 49.3 Å². The second-order valence-corrected chi connectivity index (χ2v) is 6.75. The highest BCUT2D eigenvalue weighted by Gasteiger charge is 2.16. The van der Waals surface area contributed by atoms with Crippen LogP contribution in [0.5, 0.6) is 5.75 Å². The second-order valence-electron chi connectivity index (χ2n) is 6.75. The van der Waals surface area contributed by atoms with Gasteiger partial charge in [-0.15, -0.1) is 0 Å². The number of hydrogen-bond donors (Lipinski definition) is 1. The monoisotopic (exact) mass is 380 g/mol. The van der Waals surface area contributed by atoms with E-state index in [1.54, 1.807) is 25.3 Å². The van der Waals surface area contributed by atoms with Crippen LogP contribution in [0.25, 0.3) is 10.9 Å². The van der Waals surface area contributed by atoms with Crippen molar-refractivity contribution >= 4 is 16.8 Å². The lowest BCUT2D eigenvalue weighted by Crippen LogP contribution is -2.37. The van der Waals surface area contributed by atoms with Gasteiger partial charge in [0.1, 0.15) is 12.3 Å². The van der Waals surface area contributed by atoms with Crippen LogP contribution in [-0.4, -0.2) is 48.1 Å². The van der Waals surface area contributed by atoms with Crippen LogP contribution >= 0.6 is 0 Å². The number of nitrogens with one attached hydrogen (secondary N) is 1. The van der Waals surface area contributed by atoms with Gasteiger partial charge in [-0.2, -0.15) is 0 Å². The van der Waals surface area contributed by atoms with Crippen molar-refractivity contribution in [2.75, 3.05) is 27.7 Å². The minimum atomic E-state index is -0.237. The summed E-state index contributed by atoms with van der Waals surface area (Å²) < 4.78 is 6.52. The zero-order valence-corrected chi connectivity index (χ0v) is 16.3. The summed E-state index contributed by atoms with van der Waals surface area (Å²) in [5.41, 5.74) is 1.46. The van der Waals surface area contributed by atoms with Crippen LogP contribution in [0.15, 0.2) is 59.7 Å². The van der Waals surface area contributed by atoms with Gasteiger partial charge in [0.15, 0.2) is 0 Å². The van der Waals surface area contributed by atoms with Crippen molar-refractivity contribution in [1.82, 2.24) is 19.8 Å². The lowest BCUT2D eigenvalue weighted by Gasteiger charge is -2.25. The molecule has 1 N–H and O–H groups in total. The van der Waals surface area contributed by atoms with Crippen LogP contribution in [0.2, 0.25) is 0 Å². The van der Waals surface area contributed by atoms with Crippen molar-refractivity contribution in [3.05, 3.63) is 70.8 Å². The lowest BCUT2D eigenvalue weighted by atomic mass is 10.1. The maximum Gasteiger partial charge on any atom is 0.261 e. The van der Waals surface area contributed by atoms with Gasteiger partial charge >= 0.3 is 0 Å². The third-order valence-electron chi connectivity index (χ3n) is 4.66. The van der Waals surface area contributed by atoms with Gasteiger partial charge in [-0.1, -0.05) is 24.3 Å². The lowest BCUT2D eigenvalue weighted by molar-refractivity contribution is -0.121. The normalized spacial score (nSPS) is 12.1. The quantitative estimate of drug-likeness (QED) is 0.677. The van der Waals surface area contributed by atoms with E-state index >= 15 is 0 Å². The Morgan fingerprint density at radius 2 is 1.89 bits per heavy atom. The van der Waals surface area contributed by atoms with Gasteiger partial charge in [-0.25, -0.2) is 4.98 Å². The van der Waals surface area contributed by atoms with E-state index in [1.165, 1.54) is 10.9 Å². The van der Waals surface area contributed by atoms with E-state index in [0.717, 1.165) is 11.3 Å². The number of para-hydroxylation sites is 1. The van der Waals surface area contributed by atoms with Crippen molar-refractivity contribution < 1.29 is 9.53 Å². The third-order valence-corrected chi connectivity index (χ3v) is 4.66. The van der Waals surface area contributed by atoms with Crippen LogP contribution in [0.1, 0.15) is 11.6 Å². The zero-order valence-electron chi connectivity index (χ0n) is 16.3. The molecular weight excluding hydrogens is 356 g/mol. The van der Waals surface area contributed by atoms with Crippen LogP contribution in [-0.2, 0) is 11.3 Å². The number of nitrogens with zero attached hydrogens (tertiary/aromatic N) is 3. The first-order valence-corrected chi connectivity index (χ1v) is 9.01. The molecule has 1 amide bonds. The molecule has 0 saturated heterocycles. The van der Waals surface area contributed by atoms with E-state index in [-0.39, 0.29) is 24.1 Å². The number of carbonyl (C=O) groups is 1. The number of benzene rings is 2. The molecule has 1 heterocycles. The second kappa shape index (κ2) is 8.67. The SMILES string of the molecule is COc1ccc([C@H](CNC(=O)Cn2cnc3ccccc3c2=O)N(C)C)cc1. The fraction of sp³-hybridized carbons (Fsp3) is 0.286. The summed E-state index contributed by atoms with van der Waals surface area (Å²) >= 11 is 0. The van der Waals surface area contributed by atoms with Crippen molar-refractivity contribution in [3.8, 4) is 5.75 Å². The Balaban J connectivity index is 1.68. The van der Waals surface area contributed by atoms with Gasteiger partial charge in [0.2, 0.25) is 5.91 Å². The van der Waals surface area contributed by atoms with Crippen molar-refractivity contribution in [2.24, 2.45) is 0 Å². The summed E-state index contributed by atoms with van der Waals surface area (Å²) in [5.74, 6) is 0.549. The maximum absolute atomic E-state index is 12.5. The minimum Gasteiger partial charge on any atom is -0.497 e. The summed E-state index contributed by atoms with van der Waals surface area (Å²) in [6, 6.07) is 14.9. The average Bonchev–Trinajstić information content (AvgIpc) is 2.70. The number of likely N-dealkylation sites (N-methyl/N-ethyl adjacent to an activating group) is 1. The topological polar surface area (TPSA) is 76.5 Å². The molecule has 0 fully saturated rings. The number of aromatic nitrogens is 2. The predicted octanol–water partition coefficient (Wildman–Crippen LogP) is 1.82. The summed E-state index contributed by atoms with van der Waals surface area (Å²) in [6.07, 6.45) is 1.41. The molecule has 0 bridgehead atoms. The molecule has 0 spiro atoms. The summed E-state index contributed by atoms with van der Waals surface area (Å²) in [4.78, 5) is 31.2. The molecule has 3 rings (SSSR count). The largest absolute Gasteiger partial charge is 0.497 e. The number of rotatable bonds is 7. The summed E-state index contributed by atoms with van der Waals surface area (Å²) in [6.45, 7) is 0.355. The van der Waals surface area contributed by atoms with Gasteiger partial charge in [-0.3, -0.25) is 14.2 Å². The molecule has 146 valence electrons. The van der Waals surface area contributed by atoms with Gasteiger partial charge < -0.3 is 15.0 Å². The van der Waals surface area contributed by atoms with Gasteiger partial charge in [0.25, 0.3) is 5.56 Å². The molecule has 1 atom stereocenters. The molecule has 7 nitrogen and oxygen atoms in total. The minimum absolute atomic E-state index is 0.00121. The van der Waals surface area contributed by atoms with Crippen LogP contribution in [0, 0.1) is 0 Å². The number of methoxy groups -OCH3 is 1. The molecule has 7 heteroatoms. The van der Waals surface area contributed by atoms with E-state index < -0.39 is 0 Å². The fourth-order valence-electron chi connectivity index (χ4n) is 3.06. The van der Waals surface area contributed by atoms with Crippen LogP contribution < -0.4 is 15.6 Å². The number of ether oxygens (including phenoxy) is 1. The predicted molar refractivity (Wildman–Crippen MR) is 108 cm³/mol. The Morgan fingerprint density at radius 3 is 2.57 bits per heavy atom. The summed E-state index contributed by atoms with van der Waals surface area (Å²) in [5, 5.41) is 3.42. The number of amides is 1. The maximum atomic E-state index is 12.5. The van der Waals surface area contributed by atoms with Crippen molar-refractivity contribution in [2.45, 2.75) is 12.6 Å². The van der Waals surface area contributed by atoms with Crippen molar-refractivity contribution in [3.63, 3.8) is 0 Å². The molecule has 1 aromatic heterocycles. The van der Waals surface area contributed by atoms with Gasteiger partial charge in [0, 0.05) is 6.54 Å². The van der Waals surface area contributed by atoms with Gasteiger partial charge in [0.05, 0.1) is 30.4 Å². The average molecular weight is 380 g/mol. The molecule has 3 aromatic rings. The van der Waals surface area contributed by atoms with E-state index in [0.29, 0.717) is 17.4 Å². The molecule has 0 aliphatic carbocycles. The molecule has 28 heavy (non-hydrogen) atoms. The highest BCUT2D eigenvalue weighted by molar-refractivity contribution is 5.78. The molecule has 0 unspecified atom stereocenters. The highest BCUT2D eigenvalue weighted by Crippen LogP contribution is 2.20. The fourth-order valence-corrected chi connectivity index (χ4v) is 3.06.